The maximum absolute atomic E-state index is 11.8. The fourth-order valence-corrected chi connectivity index (χ4v) is 2.60. The van der Waals surface area contributed by atoms with E-state index < -0.39 is 0 Å². The van der Waals surface area contributed by atoms with E-state index in [9.17, 15) is 4.79 Å². The summed E-state index contributed by atoms with van der Waals surface area (Å²) >= 11 is 0. The number of carbonyl (C=O) groups excluding carboxylic acids is 1. The van der Waals surface area contributed by atoms with Gasteiger partial charge in [0.2, 0.25) is 5.91 Å². The number of nitrogens with one attached hydrogen (secondary N) is 2. The summed E-state index contributed by atoms with van der Waals surface area (Å²) in [5, 5.41) is 6.14. The minimum Gasteiger partial charge on any atom is -0.486 e. The molecule has 2 N–H and O–H groups in total. The summed E-state index contributed by atoms with van der Waals surface area (Å²) in [5.74, 6) is 1.56. The first kappa shape index (κ1) is 15.0. The van der Waals surface area contributed by atoms with Gasteiger partial charge in [-0.2, -0.15) is 0 Å². The van der Waals surface area contributed by atoms with Crippen molar-refractivity contribution < 1.29 is 19.0 Å². The second kappa shape index (κ2) is 7.35. The van der Waals surface area contributed by atoms with Crippen LogP contribution in [0.25, 0.3) is 0 Å². The molecule has 1 aromatic rings. The van der Waals surface area contributed by atoms with Crippen LogP contribution in [-0.4, -0.2) is 44.9 Å². The third kappa shape index (κ3) is 4.04. The summed E-state index contributed by atoms with van der Waals surface area (Å²) in [7, 11) is 0. The van der Waals surface area contributed by atoms with Crippen LogP contribution in [0.5, 0.6) is 11.5 Å². The lowest BCUT2D eigenvalue weighted by Crippen LogP contribution is -2.32. The van der Waals surface area contributed by atoms with Gasteiger partial charge in [-0.15, -0.1) is 0 Å². The minimum atomic E-state index is 0.0422. The van der Waals surface area contributed by atoms with Crippen LogP contribution in [0, 0.1) is 0 Å². The predicted octanol–water partition coefficient (Wildman–Crippen LogP) is 1.55. The molecule has 22 heavy (non-hydrogen) atoms. The monoisotopic (exact) mass is 306 g/mol. The van der Waals surface area contributed by atoms with Crippen molar-refractivity contribution in [2.45, 2.75) is 25.4 Å². The quantitative estimate of drug-likeness (QED) is 0.834. The van der Waals surface area contributed by atoms with Crippen LogP contribution >= 0.6 is 0 Å². The van der Waals surface area contributed by atoms with E-state index in [2.05, 4.69) is 10.6 Å². The lowest BCUT2D eigenvalue weighted by molar-refractivity contribution is -0.121. The molecule has 1 saturated heterocycles. The zero-order valence-electron chi connectivity index (χ0n) is 12.6. The number of fused-ring (bicyclic) bond motifs is 1. The minimum absolute atomic E-state index is 0.0422. The van der Waals surface area contributed by atoms with Gasteiger partial charge < -0.3 is 24.8 Å². The molecule has 1 amide bonds. The molecule has 3 rings (SSSR count). The lowest BCUT2D eigenvalue weighted by Gasteiger charge is -2.19. The first-order valence-corrected chi connectivity index (χ1v) is 7.83. The molecule has 2 heterocycles. The van der Waals surface area contributed by atoms with E-state index in [0.29, 0.717) is 32.7 Å². The zero-order chi connectivity index (χ0) is 15.2. The van der Waals surface area contributed by atoms with Gasteiger partial charge in [-0.25, -0.2) is 0 Å². The summed E-state index contributed by atoms with van der Waals surface area (Å²) in [5.41, 5.74) is 0.927. The molecule has 6 nitrogen and oxygen atoms in total. The van der Waals surface area contributed by atoms with Crippen molar-refractivity contribution in [1.82, 2.24) is 5.32 Å². The van der Waals surface area contributed by atoms with E-state index in [4.69, 9.17) is 14.2 Å². The van der Waals surface area contributed by atoms with Crippen LogP contribution in [0.2, 0.25) is 0 Å². The van der Waals surface area contributed by atoms with Crippen LogP contribution < -0.4 is 20.1 Å². The summed E-state index contributed by atoms with van der Waals surface area (Å²) < 4.78 is 16.5. The largest absolute Gasteiger partial charge is 0.486 e. The van der Waals surface area contributed by atoms with Gasteiger partial charge in [-0.1, -0.05) is 0 Å². The van der Waals surface area contributed by atoms with Crippen molar-refractivity contribution in [1.29, 1.82) is 0 Å². The number of benzene rings is 1. The average Bonchev–Trinajstić information content (AvgIpc) is 3.06. The Hall–Kier alpha value is -1.95. The molecule has 2 aliphatic rings. The second-order valence-corrected chi connectivity index (χ2v) is 5.47. The number of anilines is 1. The summed E-state index contributed by atoms with van der Waals surface area (Å²) in [6.07, 6.45) is 2.75. The van der Waals surface area contributed by atoms with Crippen molar-refractivity contribution in [3.05, 3.63) is 18.2 Å². The molecule has 120 valence electrons. The van der Waals surface area contributed by atoms with Crippen molar-refractivity contribution >= 4 is 11.6 Å². The lowest BCUT2D eigenvalue weighted by atomic mass is 10.2. The van der Waals surface area contributed by atoms with Crippen LogP contribution in [0.3, 0.4) is 0 Å². The Balaban J connectivity index is 1.38. The Morgan fingerprint density at radius 1 is 1.18 bits per heavy atom. The summed E-state index contributed by atoms with van der Waals surface area (Å²) in [6, 6.07) is 5.71. The van der Waals surface area contributed by atoms with Crippen LogP contribution in [0.15, 0.2) is 18.2 Å². The smallest absolute Gasteiger partial charge is 0.221 e. The Labute approximate surface area is 130 Å². The molecule has 0 spiro atoms. The van der Waals surface area contributed by atoms with Gasteiger partial charge in [0.1, 0.15) is 13.2 Å². The molecule has 1 unspecified atom stereocenters. The van der Waals surface area contributed by atoms with E-state index in [-0.39, 0.29) is 12.0 Å². The van der Waals surface area contributed by atoms with E-state index in [0.717, 1.165) is 36.6 Å². The Kier molecular flexibility index (Phi) is 5.00. The molecule has 0 aromatic heterocycles. The fraction of sp³-hybridized carbons (Fsp3) is 0.562. The van der Waals surface area contributed by atoms with Gasteiger partial charge in [0.05, 0.1) is 6.10 Å². The normalized spacial score (nSPS) is 19.7. The first-order valence-electron chi connectivity index (χ1n) is 7.83. The van der Waals surface area contributed by atoms with Gasteiger partial charge >= 0.3 is 0 Å². The molecule has 0 saturated carbocycles. The van der Waals surface area contributed by atoms with E-state index >= 15 is 0 Å². The summed E-state index contributed by atoms with van der Waals surface area (Å²) in [6.45, 7) is 3.17. The number of rotatable bonds is 6. The molecule has 0 bridgehead atoms. The van der Waals surface area contributed by atoms with Gasteiger partial charge in [-0.05, 0) is 25.0 Å². The molecule has 1 fully saturated rings. The summed E-state index contributed by atoms with van der Waals surface area (Å²) in [4.78, 5) is 11.8. The highest BCUT2D eigenvalue weighted by molar-refractivity contribution is 5.76. The van der Waals surface area contributed by atoms with Gasteiger partial charge in [0.15, 0.2) is 11.5 Å². The third-order valence-electron chi connectivity index (χ3n) is 3.77. The molecule has 0 radical (unpaired) electrons. The van der Waals surface area contributed by atoms with Crippen molar-refractivity contribution in [3.8, 4) is 11.5 Å². The zero-order valence-corrected chi connectivity index (χ0v) is 12.6. The van der Waals surface area contributed by atoms with Gasteiger partial charge in [0.25, 0.3) is 0 Å². The highest BCUT2D eigenvalue weighted by Gasteiger charge is 2.16. The number of amides is 1. The maximum Gasteiger partial charge on any atom is 0.221 e. The van der Waals surface area contributed by atoms with Gasteiger partial charge in [0, 0.05) is 37.9 Å². The second-order valence-electron chi connectivity index (χ2n) is 5.47. The standard InChI is InChI=1S/C16H22N2O4/c19-16(18-11-13-2-1-7-20-13)5-6-17-12-3-4-14-15(10-12)22-9-8-21-14/h3-4,10,13,17H,1-2,5-9,11H2,(H,18,19). The van der Waals surface area contributed by atoms with E-state index in [1.165, 1.54) is 0 Å². The van der Waals surface area contributed by atoms with Gasteiger partial charge in [-0.3, -0.25) is 4.79 Å². The molecule has 6 heteroatoms. The number of ether oxygens (including phenoxy) is 3. The highest BCUT2D eigenvalue weighted by Crippen LogP contribution is 2.32. The predicted molar refractivity (Wildman–Crippen MR) is 82.5 cm³/mol. The van der Waals surface area contributed by atoms with Crippen LogP contribution in [0.1, 0.15) is 19.3 Å². The number of hydrogen-bond donors (Lipinski definition) is 2. The van der Waals surface area contributed by atoms with Crippen molar-refractivity contribution in [2.75, 3.05) is 38.2 Å². The molecule has 1 aromatic carbocycles. The van der Waals surface area contributed by atoms with Crippen molar-refractivity contribution in [3.63, 3.8) is 0 Å². The SMILES string of the molecule is O=C(CCNc1ccc2c(c1)OCCO2)NCC1CCCO1. The fourth-order valence-electron chi connectivity index (χ4n) is 2.60. The van der Waals surface area contributed by atoms with Crippen LogP contribution in [-0.2, 0) is 9.53 Å². The van der Waals surface area contributed by atoms with Crippen molar-refractivity contribution in [2.24, 2.45) is 0 Å². The average molecular weight is 306 g/mol. The Bertz CT molecular complexity index is 515. The third-order valence-corrected chi connectivity index (χ3v) is 3.77. The molecular formula is C16H22N2O4. The highest BCUT2D eigenvalue weighted by atomic mass is 16.6. The number of carbonyl (C=O) groups is 1. The molecule has 1 atom stereocenters. The molecule has 2 aliphatic heterocycles. The Morgan fingerprint density at radius 3 is 2.86 bits per heavy atom. The number of hydrogen-bond acceptors (Lipinski definition) is 5. The topological polar surface area (TPSA) is 68.8 Å². The maximum atomic E-state index is 11.8. The van der Waals surface area contributed by atoms with E-state index in [1.807, 2.05) is 18.2 Å². The first-order chi connectivity index (χ1) is 10.8. The van der Waals surface area contributed by atoms with Crippen LogP contribution in [0.4, 0.5) is 5.69 Å². The van der Waals surface area contributed by atoms with E-state index in [1.54, 1.807) is 0 Å². The Morgan fingerprint density at radius 2 is 2.05 bits per heavy atom. The molecule has 0 aliphatic carbocycles. The molecular weight excluding hydrogens is 284 g/mol.